The Bertz CT molecular complexity index is 751. The van der Waals surface area contributed by atoms with Gasteiger partial charge in [-0.05, 0) is 60.1 Å². The third kappa shape index (κ3) is 2.71. The van der Waals surface area contributed by atoms with Crippen molar-refractivity contribution in [3.05, 3.63) is 71.3 Å². The summed E-state index contributed by atoms with van der Waals surface area (Å²) in [4.78, 5) is 0. The van der Waals surface area contributed by atoms with E-state index < -0.39 is 0 Å². The molecule has 2 aromatic carbocycles. The molecule has 0 N–H and O–H groups in total. The van der Waals surface area contributed by atoms with E-state index in [9.17, 15) is 0 Å². The first-order valence-corrected chi connectivity index (χ1v) is 10.2. The maximum absolute atomic E-state index is 6.01. The number of benzene rings is 2. The van der Waals surface area contributed by atoms with Gasteiger partial charge in [-0.3, -0.25) is 0 Å². The van der Waals surface area contributed by atoms with E-state index in [1.54, 1.807) is 11.1 Å². The van der Waals surface area contributed by atoms with Crippen LogP contribution in [0.1, 0.15) is 48.8 Å². The fourth-order valence-corrected chi connectivity index (χ4v) is 5.77. The molecule has 1 saturated heterocycles. The van der Waals surface area contributed by atoms with Gasteiger partial charge in [-0.1, -0.05) is 54.6 Å². The Morgan fingerprint density at radius 2 is 1.50 bits per heavy atom. The zero-order chi connectivity index (χ0) is 17.5. The van der Waals surface area contributed by atoms with Crippen LogP contribution in [0, 0.1) is 5.92 Å². The summed E-state index contributed by atoms with van der Waals surface area (Å²) in [6.07, 6.45) is 8.17. The third-order valence-corrected chi connectivity index (χ3v) is 7.14. The van der Waals surface area contributed by atoms with E-state index in [-0.39, 0.29) is 5.79 Å². The molecule has 2 aromatic rings. The van der Waals surface area contributed by atoms with E-state index in [1.807, 2.05) is 0 Å². The molecular formula is C24H28O2. The van der Waals surface area contributed by atoms with Crippen molar-refractivity contribution < 1.29 is 9.47 Å². The Hall–Kier alpha value is -1.64. The normalized spacial score (nSPS) is 25.6. The average Bonchev–Trinajstić information content (AvgIpc) is 3.27. The second-order valence-corrected chi connectivity index (χ2v) is 8.35. The van der Waals surface area contributed by atoms with Crippen LogP contribution in [0.15, 0.2) is 54.6 Å². The fraction of sp³-hybridized carbons (Fsp3) is 0.500. The van der Waals surface area contributed by atoms with Gasteiger partial charge in [0.25, 0.3) is 0 Å². The minimum Gasteiger partial charge on any atom is -0.348 e. The first kappa shape index (κ1) is 16.5. The van der Waals surface area contributed by atoms with Gasteiger partial charge in [0.2, 0.25) is 0 Å². The van der Waals surface area contributed by atoms with Gasteiger partial charge in [-0.25, -0.2) is 0 Å². The van der Waals surface area contributed by atoms with Gasteiger partial charge < -0.3 is 9.47 Å². The van der Waals surface area contributed by atoms with E-state index in [4.69, 9.17) is 9.47 Å². The molecular weight excluding hydrogens is 320 g/mol. The van der Waals surface area contributed by atoms with E-state index in [1.165, 1.54) is 37.7 Å². The molecule has 5 rings (SSSR count). The highest BCUT2D eigenvalue weighted by atomic mass is 16.7. The lowest BCUT2D eigenvalue weighted by molar-refractivity contribution is -0.187. The van der Waals surface area contributed by atoms with Crippen molar-refractivity contribution in [1.82, 2.24) is 0 Å². The lowest BCUT2D eigenvalue weighted by atomic mass is 9.63. The van der Waals surface area contributed by atoms with Gasteiger partial charge in [-0.15, -0.1) is 0 Å². The molecule has 1 atom stereocenters. The Morgan fingerprint density at radius 3 is 2.27 bits per heavy atom. The van der Waals surface area contributed by atoms with Crippen LogP contribution in [0.25, 0.3) is 0 Å². The van der Waals surface area contributed by atoms with Gasteiger partial charge in [0.05, 0.1) is 13.2 Å². The highest BCUT2D eigenvalue weighted by molar-refractivity contribution is 5.41. The van der Waals surface area contributed by atoms with Gasteiger partial charge in [0.1, 0.15) is 0 Å². The summed E-state index contributed by atoms with van der Waals surface area (Å²) in [5.41, 5.74) is 4.99. The number of ether oxygens (including phenoxy) is 2. The summed E-state index contributed by atoms with van der Waals surface area (Å²) in [6.45, 7) is 1.53. The van der Waals surface area contributed by atoms with Crippen molar-refractivity contribution in [2.45, 2.75) is 56.1 Å². The minimum absolute atomic E-state index is 0.271. The summed E-state index contributed by atoms with van der Waals surface area (Å²) in [5.74, 6) is 0.464. The topological polar surface area (TPSA) is 18.5 Å². The van der Waals surface area contributed by atoms with Crippen molar-refractivity contribution in [3.8, 4) is 0 Å². The maximum Gasteiger partial charge on any atom is 0.168 e. The van der Waals surface area contributed by atoms with Gasteiger partial charge in [0, 0.05) is 12.8 Å². The predicted molar refractivity (Wildman–Crippen MR) is 103 cm³/mol. The molecule has 1 aliphatic heterocycles. The van der Waals surface area contributed by atoms with Crippen LogP contribution in [-0.2, 0) is 27.7 Å². The van der Waals surface area contributed by atoms with Gasteiger partial charge >= 0.3 is 0 Å². The SMILES string of the molecule is c1ccc(CCC2Cc3ccccc3C23CCC2(CC3)OCCO2)cc1. The van der Waals surface area contributed by atoms with Crippen molar-refractivity contribution >= 4 is 0 Å². The molecule has 3 aliphatic rings. The first-order valence-electron chi connectivity index (χ1n) is 10.2. The van der Waals surface area contributed by atoms with Crippen LogP contribution in [0.2, 0.25) is 0 Å². The lowest BCUT2D eigenvalue weighted by Gasteiger charge is -2.45. The highest BCUT2D eigenvalue weighted by Crippen LogP contribution is 2.56. The second kappa shape index (κ2) is 6.51. The van der Waals surface area contributed by atoms with E-state index in [2.05, 4.69) is 54.6 Å². The van der Waals surface area contributed by atoms with Crippen LogP contribution in [-0.4, -0.2) is 19.0 Å². The molecule has 1 saturated carbocycles. The Morgan fingerprint density at radius 1 is 0.808 bits per heavy atom. The molecule has 26 heavy (non-hydrogen) atoms. The van der Waals surface area contributed by atoms with Crippen molar-refractivity contribution in [3.63, 3.8) is 0 Å². The molecule has 2 nitrogen and oxygen atoms in total. The van der Waals surface area contributed by atoms with Crippen molar-refractivity contribution in [2.24, 2.45) is 5.92 Å². The van der Waals surface area contributed by atoms with E-state index in [0.717, 1.165) is 32.0 Å². The Labute approximate surface area is 156 Å². The highest BCUT2D eigenvalue weighted by Gasteiger charge is 2.52. The molecule has 0 aromatic heterocycles. The standard InChI is InChI=1S/C24H28O2/c1-2-6-19(7-3-1)10-11-21-18-20-8-4-5-9-22(20)23(21)12-14-24(15-13-23)25-16-17-26-24/h1-9,21H,10-18H2. The summed E-state index contributed by atoms with van der Waals surface area (Å²) in [5, 5.41) is 0. The zero-order valence-electron chi connectivity index (χ0n) is 15.5. The predicted octanol–water partition coefficient (Wildman–Crippen LogP) is 5.05. The molecule has 0 bridgehead atoms. The number of aryl methyl sites for hydroxylation is 1. The monoisotopic (exact) mass is 348 g/mol. The molecule has 2 fully saturated rings. The lowest BCUT2D eigenvalue weighted by Crippen LogP contribution is -2.44. The quantitative estimate of drug-likeness (QED) is 0.773. The second-order valence-electron chi connectivity index (χ2n) is 8.35. The average molecular weight is 348 g/mol. The van der Waals surface area contributed by atoms with E-state index >= 15 is 0 Å². The largest absolute Gasteiger partial charge is 0.348 e. The van der Waals surface area contributed by atoms with Crippen LogP contribution < -0.4 is 0 Å². The summed E-state index contributed by atoms with van der Waals surface area (Å²) >= 11 is 0. The van der Waals surface area contributed by atoms with Crippen molar-refractivity contribution in [2.75, 3.05) is 13.2 Å². The molecule has 0 amide bonds. The summed E-state index contributed by atoms with van der Waals surface area (Å²) in [6, 6.07) is 20.2. The maximum atomic E-state index is 6.01. The number of hydrogen-bond donors (Lipinski definition) is 0. The van der Waals surface area contributed by atoms with Crippen LogP contribution in [0.4, 0.5) is 0 Å². The van der Waals surface area contributed by atoms with Crippen LogP contribution in [0.3, 0.4) is 0 Å². The van der Waals surface area contributed by atoms with Gasteiger partial charge in [-0.2, -0.15) is 0 Å². The molecule has 2 aliphatic carbocycles. The number of hydrogen-bond acceptors (Lipinski definition) is 2. The smallest absolute Gasteiger partial charge is 0.168 e. The Kier molecular flexibility index (Phi) is 4.14. The number of fused-ring (bicyclic) bond motifs is 2. The molecule has 2 heteroatoms. The van der Waals surface area contributed by atoms with E-state index in [0.29, 0.717) is 5.41 Å². The Balaban J connectivity index is 1.40. The van der Waals surface area contributed by atoms with Crippen LogP contribution >= 0.6 is 0 Å². The summed E-state index contributed by atoms with van der Waals surface area (Å²) in [7, 11) is 0. The van der Waals surface area contributed by atoms with Gasteiger partial charge in [0.15, 0.2) is 5.79 Å². The molecule has 1 unspecified atom stereocenters. The third-order valence-electron chi connectivity index (χ3n) is 7.14. The minimum atomic E-state index is -0.271. The molecule has 0 radical (unpaired) electrons. The molecule has 2 spiro atoms. The van der Waals surface area contributed by atoms with Crippen LogP contribution in [0.5, 0.6) is 0 Å². The zero-order valence-corrected chi connectivity index (χ0v) is 15.5. The molecule has 136 valence electrons. The first-order chi connectivity index (χ1) is 12.8. The summed E-state index contributed by atoms with van der Waals surface area (Å²) < 4.78 is 12.0. The fourth-order valence-electron chi connectivity index (χ4n) is 5.77. The molecule has 1 heterocycles. The van der Waals surface area contributed by atoms with Crippen molar-refractivity contribution in [1.29, 1.82) is 0 Å². The number of rotatable bonds is 3.